The molecule has 4 atom stereocenters. The predicted octanol–water partition coefficient (Wildman–Crippen LogP) is 3.68. The van der Waals surface area contributed by atoms with Crippen LogP contribution in [0.4, 0.5) is 0 Å². The molecule has 0 spiro atoms. The van der Waals surface area contributed by atoms with E-state index in [1.165, 1.54) is 11.8 Å². The van der Waals surface area contributed by atoms with Crippen molar-refractivity contribution in [2.24, 2.45) is 5.92 Å². The van der Waals surface area contributed by atoms with E-state index in [2.05, 4.69) is 58.6 Å². The number of fused-ring (bicyclic) bond motifs is 1. The number of carbonyl (C=O) groups excluding carboxylic acids is 1. The van der Waals surface area contributed by atoms with Gasteiger partial charge in [0.2, 0.25) is 0 Å². The van der Waals surface area contributed by atoms with Gasteiger partial charge in [-0.1, -0.05) is 41.6 Å². The van der Waals surface area contributed by atoms with Crippen molar-refractivity contribution in [3.63, 3.8) is 0 Å². The molecule has 2 heterocycles. The Hall–Kier alpha value is -1.33. The quantitative estimate of drug-likeness (QED) is 0.590. The lowest BCUT2D eigenvalue weighted by molar-refractivity contribution is -0.177. The number of morpholine rings is 1. The number of carbonyl (C=O) groups is 1. The smallest absolute Gasteiger partial charge is 0.323 e. The van der Waals surface area contributed by atoms with E-state index in [1.54, 1.807) is 0 Å². The maximum absolute atomic E-state index is 12.4. The summed E-state index contributed by atoms with van der Waals surface area (Å²) in [6.45, 7) is 6.87. The summed E-state index contributed by atoms with van der Waals surface area (Å²) < 4.78 is 11.8. The zero-order valence-electron chi connectivity index (χ0n) is 13.3. The molecule has 0 radical (unpaired) electrons. The topological polar surface area (TPSA) is 38.8 Å². The fraction of sp³-hybridized carbons (Fsp3) is 0.500. The summed E-state index contributed by atoms with van der Waals surface area (Å²) in [6, 6.07) is 8.50. The predicted molar refractivity (Wildman–Crippen MR) is 91.8 cm³/mol. The van der Waals surface area contributed by atoms with E-state index in [1.807, 2.05) is 0 Å². The van der Waals surface area contributed by atoms with Gasteiger partial charge in [0.25, 0.3) is 0 Å². The van der Waals surface area contributed by atoms with Crippen molar-refractivity contribution >= 4 is 21.9 Å². The van der Waals surface area contributed by atoms with Gasteiger partial charge in [0, 0.05) is 17.1 Å². The molecule has 0 bridgehead atoms. The van der Waals surface area contributed by atoms with Crippen LogP contribution >= 0.6 is 15.9 Å². The van der Waals surface area contributed by atoms with Crippen LogP contribution in [0.1, 0.15) is 31.4 Å². The van der Waals surface area contributed by atoms with Gasteiger partial charge in [0.1, 0.15) is 18.8 Å². The van der Waals surface area contributed by atoms with Crippen molar-refractivity contribution in [2.75, 3.05) is 13.2 Å². The van der Waals surface area contributed by atoms with Crippen LogP contribution in [0.15, 0.2) is 41.6 Å². The highest BCUT2D eigenvalue weighted by Gasteiger charge is 2.45. The molecule has 0 saturated carbocycles. The van der Waals surface area contributed by atoms with Crippen LogP contribution in [0.5, 0.6) is 0 Å². The first kappa shape index (κ1) is 16.5. The molecule has 1 aromatic carbocycles. The summed E-state index contributed by atoms with van der Waals surface area (Å²) in [5, 5.41) is 0. The highest BCUT2D eigenvalue weighted by molar-refractivity contribution is 9.10. The van der Waals surface area contributed by atoms with Crippen LogP contribution in [0.2, 0.25) is 0 Å². The highest BCUT2D eigenvalue weighted by atomic mass is 79.9. The van der Waals surface area contributed by atoms with Gasteiger partial charge in [-0.2, -0.15) is 0 Å². The number of rotatable bonds is 4. The Morgan fingerprint density at radius 3 is 2.83 bits per heavy atom. The second-order valence-electron chi connectivity index (χ2n) is 6.32. The summed E-state index contributed by atoms with van der Waals surface area (Å²) in [7, 11) is 0. The zero-order valence-corrected chi connectivity index (χ0v) is 14.9. The van der Waals surface area contributed by atoms with Gasteiger partial charge in [-0.3, -0.25) is 9.69 Å². The molecule has 2 saturated heterocycles. The van der Waals surface area contributed by atoms with Gasteiger partial charge < -0.3 is 9.47 Å². The SMILES string of the molecule is C=COC[C@H]1CN2[C@@H](CC[C@@H](C)[C@@H]2c2ccc(Br)cc2)C(=O)O1. The lowest BCUT2D eigenvalue weighted by Gasteiger charge is -2.48. The zero-order chi connectivity index (χ0) is 16.4. The number of piperidine rings is 1. The third kappa shape index (κ3) is 3.45. The average molecular weight is 380 g/mol. The molecule has 5 heteroatoms. The van der Waals surface area contributed by atoms with Crippen molar-refractivity contribution in [3.05, 3.63) is 47.1 Å². The summed E-state index contributed by atoms with van der Waals surface area (Å²) in [4.78, 5) is 14.7. The van der Waals surface area contributed by atoms with Crippen LogP contribution in [-0.4, -0.2) is 36.2 Å². The first-order valence-corrected chi connectivity index (χ1v) is 8.83. The monoisotopic (exact) mass is 379 g/mol. The summed E-state index contributed by atoms with van der Waals surface area (Å²) in [5.74, 6) is 0.377. The molecule has 4 nitrogen and oxygen atoms in total. The lowest BCUT2D eigenvalue weighted by atomic mass is 9.82. The van der Waals surface area contributed by atoms with Crippen molar-refractivity contribution in [3.8, 4) is 0 Å². The second-order valence-corrected chi connectivity index (χ2v) is 7.24. The third-order valence-corrected chi connectivity index (χ3v) is 5.30. The largest absolute Gasteiger partial charge is 0.498 e. The highest BCUT2D eigenvalue weighted by Crippen LogP contribution is 2.41. The number of hydrogen-bond donors (Lipinski definition) is 0. The van der Waals surface area contributed by atoms with E-state index >= 15 is 0 Å². The van der Waals surface area contributed by atoms with Gasteiger partial charge >= 0.3 is 5.97 Å². The molecule has 0 aliphatic carbocycles. The second kappa shape index (κ2) is 7.05. The number of esters is 1. The van der Waals surface area contributed by atoms with E-state index in [4.69, 9.17) is 9.47 Å². The lowest BCUT2D eigenvalue weighted by Crippen LogP contribution is -2.58. The Morgan fingerprint density at radius 1 is 1.39 bits per heavy atom. The Morgan fingerprint density at radius 2 is 2.13 bits per heavy atom. The molecule has 2 fully saturated rings. The van der Waals surface area contributed by atoms with Crippen molar-refractivity contribution in [2.45, 2.75) is 38.0 Å². The maximum atomic E-state index is 12.4. The Kier molecular flexibility index (Phi) is 5.07. The Labute approximate surface area is 145 Å². The number of ether oxygens (including phenoxy) is 2. The molecule has 0 amide bonds. The van der Waals surface area contributed by atoms with Gasteiger partial charge in [-0.25, -0.2) is 0 Å². The van der Waals surface area contributed by atoms with Crippen molar-refractivity contribution in [1.29, 1.82) is 0 Å². The standard InChI is InChI=1S/C18H22BrNO3/c1-3-22-11-15-10-20-16(18(21)23-15)9-4-12(2)17(20)13-5-7-14(19)8-6-13/h3,5-8,12,15-17H,1,4,9-11H2,2H3/t12-,15-,16+,17-/m1/s1. The Balaban J connectivity index is 1.85. The minimum Gasteiger partial charge on any atom is -0.498 e. The van der Waals surface area contributed by atoms with E-state index in [0.717, 1.165) is 17.3 Å². The molecule has 124 valence electrons. The molecular formula is C18H22BrNO3. The summed E-state index contributed by atoms with van der Waals surface area (Å²) in [5.41, 5.74) is 1.25. The summed E-state index contributed by atoms with van der Waals surface area (Å²) >= 11 is 3.49. The van der Waals surface area contributed by atoms with Crippen LogP contribution < -0.4 is 0 Å². The molecule has 1 aromatic rings. The minimum absolute atomic E-state index is 0.122. The number of halogens is 1. The summed E-state index contributed by atoms with van der Waals surface area (Å²) in [6.07, 6.45) is 3.05. The van der Waals surface area contributed by atoms with Crippen LogP contribution in [0, 0.1) is 5.92 Å². The fourth-order valence-electron chi connectivity index (χ4n) is 3.72. The van der Waals surface area contributed by atoms with E-state index in [9.17, 15) is 4.79 Å². The van der Waals surface area contributed by atoms with E-state index in [0.29, 0.717) is 19.1 Å². The molecule has 2 aliphatic rings. The number of cyclic esters (lactones) is 1. The normalized spacial score (nSPS) is 31.1. The van der Waals surface area contributed by atoms with Gasteiger partial charge in [-0.15, -0.1) is 0 Å². The molecule has 0 N–H and O–H groups in total. The van der Waals surface area contributed by atoms with Crippen LogP contribution in [0.3, 0.4) is 0 Å². The molecular weight excluding hydrogens is 358 g/mol. The Bertz CT molecular complexity index is 574. The van der Waals surface area contributed by atoms with Gasteiger partial charge in [0.05, 0.1) is 6.26 Å². The maximum Gasteiger partial charge on any atom is 0.323 e. The molecule has 0 aromatic heterocycles. The molecule has 2 aliphatic heterocycles. The number of benzene rings is 1. The minimum atomic E-state index is -0.236. The molecule has 0 unspecified atom stereocenters. The first-order chi connectivity index (χ1) is 11.1. The number of hydrogen-bond acceptors (Lipinski definition) is 4. The van der Waals surface area contributed by atoms with Gasteiger partial charge in [-0.05, 0) is 36.5 Å². The molecule has 3 rings (SSSR count). The number of nitrogens with zero attached hydrogens (tertiary/aromatic N) is 1. The first-order valence-electron chi connectivity index (χ1n) is 8.04. The van der Waals surface area contributed by atoms with Crippen LogP contribution in [0.25, 0.3) is 0 Å². The van der Waals surface area contributed by atoms with Gasteiger partial charge in [0.15, 0.2) is 0 Å². The fourth-order valence-corrected chi connectivity index (χ4v) is 3.98. The average Bonchev–Trinajstić information content (AvgIpc) is 2.54. The third-order valence-electron chi connectivity index (χ3n) is 4.77. The van der Waals surface area contributed by atoms with E-state index < -0.39 is 0 Å². The molecule has 23 heavy (non-hydrogen) atoms. The van der Waals surface area contributed by atoms with Crippen molar-refractivity contribution in [1.82, 2.24) is 4.90 Å². The van der Waals surface area contributed by atoms with Crippen LogP contribution in [-0.2, 0) is 14.3 Å². The van der Waals surface area contributed by atoms with E-state index in [-0.39, 0.29) is 24.2 Å². The van der Waals surface area contributed by atoms with Crippen molar-refractivity contribution < 1.29 is 14.3 Å².